The van der Waals surface area contributed by atoms with E-state index in [4.69, 9.17) is 27.9 Å². The molecule has 0 amide bonds. The van der Waals surface area contributed by atoms with Crippen LogP contribution in [0.5, 0.6) is 0 Å². The summed E-state index contributed by atoms with van der Waals surface area (Å²) in [4.78, 5) is 14.1. The number of carbonyl (C=O) groups is 1. The minimum Gasteiger partial charge on any atom is -0.466 e. The largest absolute Gasteiger partial charge is 0.466 e. The van der Waals surface area contributed by atoms with Crippen LogP contribution in [0.2, 0.25) is 10.0 Å². The van der Waals surface area contributed by atoms with Gasteiger partial charge in [-0.05, 0) is 50.6 Å². The normalized spacial score (nSPS) is 17.1. The zero-order valence-corrected chi connectivity index (χ0v) is 13.1. The molecule has 5 heteroatoms. The number of nitrogens with zero attached hydrogens (tertiary/aromatic N) is 1. The molecule has 1 fully saturated rings. The van der Waals surface area contributed by atoms with Crippen molar-refractivity contribution in [3.8, 4) is 0 Å². The van der Waals surface area contributed by atoms with E-state index < -0.39 is 0 Å². The first kappa shape index (κ1) is 15.6. The second-order valence-corrected chi connectivity index (χ2v) is 5.76. The molecule has 1 aromatic carbocycles. The van der Waals surface area contributed by atoms with E-state index in [-0.39, 0.29) is 12.0 Å². The monoisotopic (exact) mass is 315 g/mol. The Hall–Kier alpha value is -0.770. The Balaban J connectivity index is 2.20. The molecule has 0 aliphatic carbocycles. The van der Waals surface area contributed by atoms with Crippen molar-refractivity contribution >= 4 is 29.2 Å². The van der Waals surface area contributed by atoms with Crippen molar-refractivity contribution < 1.29 is 9.53 Å². The molecule has 1 saturated heterocycles. The van der Waals surface area contributed by atoms with E-state index in [9.17, 15) is 4.79 Å². The maximum atomic E-state index is 11.8. The molecule has 20 heavy (non-hydrogen) atoms. The van der Waals surface area contributed by atoms with E-state index in [1.807, 2.05) is 19.1 Å². The van der Waals surface area contributed by atoms with Gasteiger partial charge in [-0.3, -0.25) is 9.69 Å². The number of hydrogen-bond donors (Lipinski definition) is 0. The number of carbonyl (C=O) groups excluding carboxylic acids is 1. The molecule has 0 bridgehead atoms. The van der Waals surface area contributed by atoms with Crippen LogP contribution in [0.1, 0.15) is 37.8 Å². The summed E-state index contributed by atoms with van der Waals surface area (Å²) in [6.07, 6.45) is 2.69. The van der Waals surface area contributed by atoms with Crippen LogP contribution in [0.25, 0.3) is 0 Å². The Labute approximate surface area is 129 Å². The molecule has 0 aromatic heterocycles. The first-order valence-corrected chi connectivity index (χ1v) is 7.72. The van der Waals surface area contributed by atoms with Crippen molar-refractivity contribution in [3.63, 3.8) is 0 Å². The second-order valence-electron chi connectivity index (χ2n) is 4.94. The van der Waals surface area contributed by atoms with Crippen LogP contribution in [-0.4, -0.2) is 30.6 Å². The fourth-order valence-electron chi connectivity index (χ4n) is 2.61. The molecule has 1 aliphatic rings. The average molecular weight is 316 g/mol. The molecule has 1 heterocycles. The van der Waals surface area contributed by atoms with Gasteiger partial charge in [0.15, 0.2) is 0 Å². The van der Waals surface area contributed by atoms with Crippen molar-refractivity contribution in [2.45, 2.75) is 32.2 Å². The van der Waals surface area contributed by atoms with Gasteiger partial charge in [0.25, 0.3) is 0 Å². The maximum absolute atomic E-state index is 11.8. The molecule has 1 unspecified atom stereocenters. The summed E-state index contributed by atoms with van der Waals surface area (Å²) in [7, 11) is 0. The Kier molecular flexibility index (Phi) is 5.70. The van der Waals surface area contributed by atoms with Crippen LogP contribution < -0.4 is 0 Å². The summed E-state index contributed by atoms with van der Waals surface area (Å²) in [5, 5.41) is 1.06. The highest BCUT2D eigenvalue weighted by Crippen LogP contribution is 2.32. The van der Waals surface area contributed by atoms with Crippen molar-refractivity contribution in [1.82, 2.24) is 4.90 Å². The van der Waals surface area contributed by atoms with E-state index in [1.54, 1.807) is 6.07 Å². The number of likely N-dealkylation sites (tertiary alicyclic amines) is 1. The first-order valence-electron chi connectivity index (χ1n) is 6.96. The lowest BCUT2D eigenvalue weighted by atomic mass is 10.0. The molecule has 0 saturated carbocycles. The van der Waals surface area contributed by atoms with Gasteiger partial charge in [0, 0.05) is 6.04 Å². The topological polar surface area (TPSA) is 29.5 Å². The average Bonchev–Trinajstić information content (AvgIpc) is 2.93. The third-order valence-electron chi connectivity index (χ3n) is 3.58. The van der Waals surface area contributed by atoms with Gasteiger partial charge < -0.3 is 4.74 Å². The van der Waals surface area contributed by atoms with Gasteiger partial charge in [-0.1, -0.05) is 29.3 Å². The molecule has 1 aliphatic heterocycles. The molecule has 0 N–H and O–H groups in total. The van der Waals surface area contributed by atoms with Crippen LogP contribution >= 0.6 is 23.2 Å². The van der Waals surface area contributed by atoms with E-state index in [0.29, 0.717) is 23.1 Å². The summed E-state index contributed by atoms with van der Waals surface area (Å²) in [6.45, 7) is 4.24. The summed E-state index contributed by atoms with van der Waals surface area (Å²) in [5.41, 5.74) is 1.02. The molecule has 1 aromatic rings. The zero-order valence-electron chi connectivity index (χ0n) is 11.6. The van der Waals surface area contributed by atoms with Gasteiger partial charge in [0.1, 0.15) is 0 Å². The van der Waals surface area contributed by atoms with Crippen molar-refractivity contribution in [2.75, 3.05) is 19.7 Å². The van der Waals surface area contributed by atoms with E-state index in [1.165, 1.54) is 12.8 Å². The Morgan fingerprint density at radius 3 is 2.60 bits per heavy atom. The standard InChI is InChI=1S/C15H19Cl2NO2/c1-2-20-15(19)10-14(18-7-3-4-8-18)11-5-6-12(16)13(17)9-11/h5-6,9,14H,2-4,7-8,10H2,1H3. The third-order valence-corrected chi connectivity index (χ3v) is 4.31. The summed E-state index contributed by atoms with van der Waals surface area (Å²) in [6, 6.07) is 5.60. The molecule has 3 nitrogen and oxygen atoms in total. The van der Waals surface area contributed by atoms with Crippen molar-refractivity contribution in [1.29, 1.82) is 0 Å². The number of halogens is 2. The Morgan fingerprint density at radius 1 is 1.30 bits per heavy atom. The first-order chi connectivity index (χ1) is 9.61. The Bertz CT molecular complexity index is 473. The predicted molar refractivity (Wildman–Crippen MR) is 81.3 cm³/mol. The summed E-state index contributed by atoms with van der Waals surface area (Å²) < 4.78 is 5.08. The smallest absolute Gasteiger partial charge is 0.307 e. The summed E-state index contributed by atoms with van der Waals surface area (Å²) in [5.74, 6) is -0.171. The summed E-state index contributed by atoms with van der Waals surface area (Å²) >= 11 is 12.1. The van der Waals surface area contributed by atoms with Gasteiger partial charge in [-0.2, -0.15) is 0 Å². The van der Waals surface area contributed by atoms with Gasteiger partial charge in [0.05, 0.1) is 23.1 Å². The molecule has 2 rings (SSSR count). The number of benzene rings is 1. The minimum atomic E-state index is -0.171. The van der Waals surface area contributed by atoms with Gasteiger partial charge in [-0.25, -0.2) is 0 Å². The number of rotatable bonds is 5. The fourth-order valence-corrected chi connectivity index (χ4v) is 2.91. The lowest BCUT2D eigenvalue weighted by Gasteiger charge is -2.27. The number of ether oxygens (including phenoxy) is 1. The number of esters is 1. The zero-order chi connectivity index (χ0) is 14.5. The quantitative estimate of drug-likeness (QED) is 0.767. The van der Waals surface area contributed by atoms with Crippen molar-refractivity contribution in [2.24, 2.45) is 0 Å². The molecular formula is C15H19Cl2NO2. The number of hydrogen-bond acceptors (Lipinski definition) is 3. The van der Waals surface area contributed by atoms with Gasteiger partial charge in [0.2, 0.25) is 0 Å². The van der Waals surface area contributed by atoms with Crippen molar-refractivity contribution in [3.05, 3.63) is 33.8 Å². The minimum absolute atomic E-state index is 0.0197. The van der Waals surface area contributed by atoms with E-state index in [0.717, 1.165) is 18.7 Å². The molecule has 0 radical (unpaired) electrons. The highest BCUT2D eigenvalue weighted by molar-refractivity contribution is 6.42. The highest BCUT2D eigenvalue weighted by Gasteiger charge is 2.26. The third kappa shape index (κ3) is 3.87. The fraction of sp³-hybridized carbons (Fsp3) is 0.533. The van der Waals surface area contributed by atoms with Crippen LogP contribution in [0.15, 0.2) is 18.2 Å². The van der Waals surface area contributed by atoms with E-state index >= 15 is 0 Å². The van der Waals surface area contributed by atoms with Crippen LogP contribution in [0.3, 0.4) is 0 Å². The van der Waals surface area contributed by atoms with Gasteiger partial charge in [-0.15, -0.1) is 0 Å². The van der Waals surface area contributed by atoms with Crippen LogP contribution in [0.4, 0.5) is 0 Å². The lowest BCUT2D eigenvalue weighted by Crippen LogP contribution is -2.28. The molecular weight excluding hydrogens is 297 g/mol. The molecule has 1 atom stereocenters. The molecule has 110 valence electrons. The SMILES string of the molecule is CCOC(=O)CC(c1ccc(Cl)c(Cl)c1)N1CCCC1. The van der Waals surface area contributed by atoms with E-state index in [2.05, 4.69) is 4.90 Å². The second kappa shape index (κ2) is 7.30. The molecule has 0 spiro atoms. The van der Waals surface area contributed by atoms with Crippen LogP contribution in [-0.2, 0) is 9.53 Å². The predicted octanol–water partition coefficient (Wildman–Crippen LogP) is 4.08. The Morgan fingerprint density at radius 2 is 2.00 bits per heavy atom. The lowest BCUT2D eigenvalue weighted by molar-refractivity contribution is -0.144. The highest BCUT2D eigenvalue weighted by atomic mass is 35.5. The van der Waals surface area contributed by atoms with Crippen LogP contribution in [0, 0.1) is 0 Å². The van der Waals surface area contributed by atoms with Gasteiger partial charge >= 0.3 is 5.97 Å². The maximum Gasteiger partial charge on any atom is 0.307 e.